The Labute approximate surface area is 188 Å². The minimum Gasteiger partial charge on any atom is -0.316 e. The highest BCUT2D eigenvalue weighted by atomic mass is 79.9. The number of aromatic nitrogens is 1. The number of hydrogen-bond donors (Lipinski definition) is 0. The molecule has 0 aliphatic carbocycles. The monoisotopic (exact) mass is 478 g/mol. The molecule has 0 spiro atoms. The van der Waals surface area contributed by atoms with Crippen LogP contribution in [0.5, 0.6) is 0 Å². The highest BCUT2D eigenvalue weighted by molar-refractivity contribution is 9.10. The van der Waals surface area contributed by atoms with Crippen LogP contribution in [0, 0.1) is 0 Å². The molecule has 4 aromatic rings. The summed E-state index contributed by atoms with van der Waals surface area (Å²) < 4.78 is 3.22. The van der Waals surface area contributed by atoms with E-state index in [2.05, 4.69) is 63.6 Å². The molecule has 1 aromatic heterocycles. The van der Waals surface area contributed by atoms with Gasteiger partial charge in [0.1, 0.15) is 0 Å². The second-order valence-electron chi connectivity index (χ2n) is 7.10. The zero-order chi connectivity index (χ0) is 21.1. The molecule has 0 aliphatic rings. The molecule has 4 rings (SSSR count). The van der Waals surface area contributed by atoms with E-state index in [9.17, 15) is 4.79 Å². The van der Waals surface area contributed by atoms with Gasteiger partial charge < -0.3 is 4.57 Å². The van der Waals surface area contributed by atoms with Crippen LogP contribution in [-0.4, -0.2) is 10.5 Å². The van der Waals surface area contributed by atoms with Crippen LogP contribution in [0.25, 0.3) is 22.0 Å². The van der Waals surface area contributed by atoms with Gasteiger partial charge in [-0.2, -0.15) is 4.99 Å². The minimum atomic E-state index is -0.194. The lowest BCUT2D eigenvalue weighted by Crippen LogP contribution is -2.17. The zero-order valence-electron chi connectivity index (χ0n) is 17.1. The van der Waals surface area contributed by atoms with E-state index in [4.69, 9.17) is 0 Å². The maximum absolute atomic E-state index is 13.2. The average Bonchev–Trinajstić information content (AvgIpc) is 3.10. The van der Waals surface area contributed by atoms with E-state index in [0.29, 0.717) is 5.56 Å². The fourth-order valence-electron chi connectivity index (χ4n) is 3.72. The molecule has 30 heavy (non-hydrogen) atoms. The number of fused-ring (bicyclic) bond motifs is 1. The molecule has 152 valence electrons. The van der Waals surface area contributed by atoms with Gasteiger partial charge in [0.25, 0.3) is 5.91 Å². The lowest BCUT2D eigenvalue weighted by Gasteiger charge is -2.09. The number of aryl methyl sites for hydroxylation is 1. The van der Waals surface area contributed by atoms with Crippen molar-refractivity contribution in [2.75, 3.05) is 0 Å². The summed E-state index contributed by atoms with van der Waals surface area (Å²) in [5.74, 6) is -0.194. The number of halogens is 1. The fourth-order valence-corrected chi connectivity index (χ4v) is 5.29. The predicted octanol–water partition coefficient (Wildman–Crippen LogP) is 6.85. The van der Waals surface area contributed by atoms with E-state index in [-0.39, 0.29) is 5.91 Å². The fraction of sp³-hybridized carbons (Fsp3) is 0.200. The van der Waals surface area contributed by atoms with Gasteiger partial charge in [0.05, 0.1) is 5.69 Å². The molecule has 0 saturated carbocycles. The van der Waals surface area contributed by atoms with Crippen molar-refractivity contribution < 1.29 is 4.79 Å². The summed E-state index contributed by atoms with van der Waals surface area (Å²) >= 11 is 5.15. The molecule has 0 fully saturated rings. The number of amides is 1. The van der Waals surface area contributed by atoms with Gasteiger partial charge in [-0.1, -0.05) is 77.8 Å². The molecule has 0 atom stereocenters. The first-order chi connectivity index (χ1) is 14.6. The quantitative estimate of drug-likeness (QED) is 0.308. The molecule has 0 saturated heterocycles. The van der Waals surface area contributed by atoms with Crippen molar-refractivity contribution in [1.82, 2.24) is 4.57 Å². The summed E-state index contributed by atoms with van der Waals surface area (Å²) in [5, 5.41) is 1.99. The molecule has 0 aliphatic heterocycles. The molecule has 1 heterocycles. The van der Waals surface area contributed by atoms with Crippen molar-refractivity contribution in [1.29, 1.82) is 0 Å². The van der Waals surface area contributed by atoms with Crippen LogP contribution in [-0.2, 0) is 13.0 Å². The van der Waals surface area contributed by atoms with Crippen LogP contribution in [0.1, 0.15) is 35.5 Å². The largest absolute Gasteiger partial charge is 0.316 e. The maximum atomic E-state index is 13.2. The van der Waals surface area contributed by atoms with Crippen molar-refractivity contribution in [2.24, 2.45) is 4.99 Å². The van der Waals surface area contributed by atoms with Crippen LogP contribution in [0.3, 0.4) is 0 Å². The van der Waals surface area contributed by atoms with E-state index >= 15 is 0 Å². The summed E-state index contributed by atoms with van der Waals surface area (Å²) in [6.45, 7) is 5.04. The number of benzene rings is 3. The van der Waals surface area contributed by atoms with Gasteiger partial charge in [-0.25, -0.2) is 0 Å². The predicted molar refractivity (Wildman–Crippen MR) is 129 cm³/mol. The average molecular weight is 479 g/mol. The van der Waals surface area contributed by atoms with E-state index in [1.54, 1.807) is 11.3 Å². The SMILES string of the molecule is CCCc1sc(=NC(=O)c2cccc3ccccc23)n(CC)c1-c1ccc(Br)cc1. The highest BCUT2D eigenvalue weighted by Gasteiger charge is 2.16. The van der Waals surface area contributed by atoms with Gasteiger partial charge in [0.15, 0.2) is 4.80 Å². The smallest absolute Gasteiger partial charge is 0.280 e. The second-order valence-corrected chi connectivity index (χ2v) is 9.08. The Morgan fingerprint density at radius 1 is 1.00 bits per heavy atom. The second kappa shape index (κ2) is 9.11. The third kappa shape index (κ3) is 4.05. The van der Waals surface area contributed by atoms with Crippen LogP contribution in [0.4, 0.5) is 0 Å². The van der Waals surface area contributed by atoms with E-state index < -0.39 is 0 Å². The zero-order valence-corrected chi connectivity index (χ0v) is 19.5. The molecule has 3 aromatic carbocycles. The van der Waals surface area contributed by atoms with Crippen LogP contribution in [0.2, 0.25) is 0 Å². The molecule has 3 nitrogen and oxygen atoms in total. The third-order valence-electron chi connectivity index (χ3n) is 5.11. The van der Waals surface area contributed by atoms with Crippen molar-refractivity contribution in [3.8, 4) is 11.3 Å². The first kappa shape index (κ1) is 20.8. The lowest BCUT2D eigenvalue weighted by atomic mass is 10.0. The van der Waals surface area contributed by atoms with Crippen LogP contribution in [0.15, 0.2) is 76.2 Å². The molecule has 0 radical (unpaired) electrons. The normalized spacial score (nSPS) is 11.9. The van der Waals surface area contributed by atoms with E-state index in [0.717, 1.165) is 45.0 Å². The number of carbonyl (C=O) groups excluding carboxylic acids is 1. The Morgan fingerprint density at radius 2 is 1.73 bits per heavy atom. The van der Waals surface area contributed by atoms with Gasteiger partial charge >= 0.3 is 0 Å². The standard InChI is InChI=1S/C25H23BrN2OS/c1-3-8-22-23(18-13-15-19(26)16-14-18)28(4-2)25(30-22)27-24(29)21-12-7-10-17-9-5-6-11-20(17)21/h5-7,9-16H,3-4,8H2,1-2H3. The van der Waals surface area contributed by atoms with Crippen LogP contribution < -0.4 is 4.80 Å². The summed E-state index contributed by atoms with van der Waals surface area (Å²) in [5.41, 5.74) is 2.96. The van der Waals surface area contributed by atoms with E-state index in [1.165, 1.54) is 10.6 Å². The van der Waals surface area contributed by atoms with Crippen molar-refractivity contribution in [3.05, 3.63) is 86.4 Å². The minimum absolute atomic E-state index is 0.194. The molecular weight excluding hydrogens is 456 g/mol. The summed E-state index contributed by atoms with van der Waals surface area (Å²) in [6, 6.07) is 22.1. The van der Waals surface area contributed by atoms with Gasteiger partial charge in [0.2, 0.25) is 0 Å². The molecule has 0 unspecified atom stereocenters. The van der Waals surface area contributed by atoms with Gasteiger partial charge in [-0.15, -0.1) is 11.3 Å². The number of nitrogens with zero attached hydrogens (tertiary/aromatic N) is 2. The molecule has 5 heteroatoms. The topological polar surface area (TPSA) is 34.4 Å². The van der Waals surface area contributed by atoms with Gasteiger partial charge in [0, 0.05) is 21.5 Å². The lowest BCUT2D eigenvalue weighted by molar-refractivity contribution is 0.0999. The summed E-state index contributed by atoms with van der Waals surface area (Å²) in [6.07, 6.45) is 2.01. The maximum Gasteiger partial charge on any atom is 0.280 e. The molecular formula is C25H23BrN2OS. The Hall–Kier alpha value is -2.50. The Bertz CT molecular complexity index is 1260. The third-order valence-corrected chi connectivity index (χ3v) is 6.77. The first-order valence-corrected chi connectivity index (χ1v) is 11.8. The summed E-state index contributed by atoms with van der Waals surface area (Å²) in [7, 11) is 0. The Morgan fingerprint density at radius 3 is 2.47 bits per heavy atom. The van der Waals surface area contributed by atoms with Crippen molar-refractivity contribution in [2.45, 2.75) is 33.2 Å². The molecule has 0 N–H and O–H groups in total. The molecule has 0 bridgehead atoms. The van der Waals surface area contributed by atoms with Gasteiger partial charge in [-0.05, 0) is 47.9 Å². The number of rotatable bonds is 5. The molecule has 1 amide bonds. The highest BCUT2D eigenvalue weighted by Crippen LogP contribution is 2.28. The first-order valence-electron chi connectivity index (χ1n) is 10.2. The Balaban J connectivity index is 1.87. The van der Waals surface area contributed by atoms with Crippen LogP contribution >= 0.6 is 27.3 Å². The van der Waals surface area contributed by atoms with Gasteiger partial charge in [-0.3, -0.25) is 4.79 Å². The van der Waals surface area contributed by atoms with Crippen molar-refractivity contribution >= 4 is 43.9 Å². The Kier molecular flexibility index (Phi) is 6.30. The van der Waals surface area contributed by atoms with E-state index in [1.807, 2.05) is 42.5 Å². The number of thiazole rings is 1. The van der Waals surface area contributed by atoms with Crippen molar-refractivity contribution in [3.63, 3.8) is 0 Å². The number of hydrogen-bond acceptors (Lipinski definition) is 2. The number of carbonyl (C=O) groups is 1. The summed E-state index contributed by atoms with van der Waals surface area (Å²) in [4.78, 5) is 19.8.